The molecular formula is C25H29N9O3S. The van der Waals surface area contributed by atoms with Crippen molar-refractivity contribution in [1.82, 2.24) is 29.2 Å². The molecular weight excluding hydrogens is 506 g/mol. The van der Waals surface area contributed by atoms with E-state index in [4.69, 9.17) is 5.14 Å². The standard InChI is InChI=1S/C25H29N9O3S/c1-4-12-33-24(35)20-15-27-25(30-23(20)34(33)21-6-5-7-22(29-21)38(26,36)37)28-18-8-10-19(11-9-18)32-14-13-31(3)17(2)16-32/h4-11,15,17H,1,12-14,16H2,2-3H3,(H2,26,36,37)(H,27,28,30)/t17-/m1/s1. The number of aromatic nitrogens is 5. The van der Waals surface area contributed by atoms with Gasteiger partial charge in [0.05, 0.1) is 6.54 Å². The van der Waals surface area contributed by atoms with E-state index in [1.54, 1.807) is 12.1 Å². The lowest BCUT2D eigenvalue weighted by Crippen LogP contribution is -2.50. The summed E-state index contributed by atoms with van der Waals surface area (Å²) in [7, 11) is -1.91. The van der Waals surface area contributed by atoms with Crippen molar-refractivity contribution in [2.45, 2.75) is 24.5 Å². The van der Waals surface area contributed by atoms with Gasteiger partial charge in [0.2, 0.25) is 5.95 Å². The summed E-state index contributed by atoms with van der Waals surface area (Å²) in [5.41, 5.74) is 1.82. The topological polar surface area (TPSA) is 144 Å². The van der Waals surface area contributed by atoms with Crippen LogP contribution >= 0.6 is 0 Å². The third-order valence-electron chi connectivity index (χ3n) is 6.64. The Bertz CT molecular complexity index is 1660. The fourth-order valence-corrected chi connectivity index (χ4v) is 4.95. The van der Waals surface area contributed by atoms with Gasteiger partial charge >= 0.3 is 0 Å². The van der Waals surface area contributed by atoms with E-state index in [0.29, 0.717) is 6.04 Å². The second-order valence-corrected chi connectivity index (χ2v) is 10.8. The number of rotatable bonds is 7. The van der Waals surface area contributed by atoms with Gasteiger partial charge in [0.15, 0.2) is 16.5 Å². The van der Waals surface area contributed by atoms with Crippen molar-refractivity contribution in [1.29, 1.82) is 0 Å². The van der Waals surface area contributed by atoms with Crippen molar-refractivity contribution in [2.24, 2.45) is 5.14 Å². The Morgan fingerprint density at radius 2 is 1.92 bits per heavy atom. The summed E-state index contributed by atoms with van der Waals surface area (Å²) < 4.78 is 26.6. The van der Waals surface area contributed by atoms with Gasteiger partial charge < -0.3 is 15.1 Å². The number of nitrogens with zero attached hydrogens (tertiary/aromatic N) is 7. The smallest absolute Gasteiger partial charge is 0.278 e. The molecule has 3 aromatic heterocycles. The van der Waals surface area contributed by atoms with Crippen LogP contribution in [0.3, 0.4) is 0 Å². The molecule has 0 aliphatic carbocycles. The number of primary sulfonamides is 1. The first-order chi connectivity index (χ1) is 18.2. The molecule has 0 radical (unpaired) electrons. The highest BCUT2D eigenvalue weighted by molar-refractivity contribution is 7.89. The van der Waals surface area contributed by atoms with Crippen molar-refractivity contribution in [3.63, 3.8) is 0 Å². The number of piperazine rings is 1. The van der Waals surface area contributed by atoms with Crippen LogP contribution in [0.5, 0.6) is 0 Å². The van der Waals surface area contributed by atoms with Crippen LogP contribution in [0.15, 0.2) is 71.1 Å². The molecule has 13 heteroatoms. The maximum absolute atomic E-state index is 13.1. The molecule has 0 unspecified atom stereocenters. The molecule has 0 amide bonds. The van der Waals surface area contributed by atoms with E-state index in [1.165, 1.54) is 27.7 Å². The zero-order valence-electron chi connectivity index (χ0n) is 21.1. The molecule has 1 fully saturated rings. The Labute approximate surface area is 220 Å². The Kier molecular flexibility index (Phi) is 6.73. The number of anilines is 3. The van der Waals surface area contributed by atoms with E-state index >= 15 is 0 Å². The fraction of sp³-hybridized carbons (Fsp3) is 0.280. The van der Waals surface area contributed by atoms with Crippen molar-refractivity contribution < 1.29 is 8.42 Å². The summed E-state index contributed by atoms with van der Waals surface area (Å²) in [6, 6.07) is 12.9. The van der Waals surface area contributed by atoms with Crippen LogP contribution in [0, 0.1) is 0 Å². The summed E-state index contributed by atoms with van der Waals surface area (Å²) >= 11 is 0. The van der Waals surface area contributed by atoms with E-state index in [9.17, 15) is 13.2 Å². The SMILES string of the molecule is C=CCn1c(=O)c2cnc(Nc3ccc(N4CCN(C)[C@H](C)C4)cc3)nc2n1-c1cccc(S(N)(=O)=O)n1. The van der Waals surface area contributed by atoms with Crippen molar-refractivity contribution in [3.05, 3.63) is 71.7 Å². The minimum atomic E-state index is -4.05. The molecule has 5 rings (SSSR count). The molecule has 1 atom stereocenters. The van der Waals surface area contributed by atoms with Crippen LogP contribution in [0.1, 0.15) is 6.92 Å². The van der Waals surface area contributed by atoms with Gasteiger partial charge in [-0.2, -0.15) is 4.98 Å². The number of likely N-dealkylation sites (N-methyl/N-ethyl adjacent to an activating group) is 1. The predicted molar refractivity (Wildman–Crippen MR) is 147 cm³/mol. The number of hydrogen-bond donors (Lipinski definition) is 2. The van der Waals surface area contributed by atoms with E-state index in [2.05, 4.69) is 62.8 Å². The summed E-state index contributed by atoms with van der Waals surface area (Å²) in [5, 5.41) is 8.39. The highest BCUT2D eigenvalue weighted by Crippen LogP contribution is 2.23. The number of nitrogens with two attached hydrogens (primary N) is 1. The number of pyridine rings is 1. The number of fused-ring (bicyclic) bond motifs is 1. The molecule has 1 aliphatic rings. The van der Waals surface area contributed by atoms with Crippen LogP contribution in [0.4, 0.5) is 17.3 Å². The van der Waals surface area contributed by atoms with Crippen LogP contribution in [-0.4, -0.2) is 70.4 Å². The molecule has 1 aliphatic heterocycles. The first-order valence-electron chi connectivity index (χ1n) is 12.1. The molecule has 12 nitrogen and oxygen atoms in total. The zero-order valence-corrected chi connectivity index (χ0v) is 22.0. The zero-order chi connectivity index (χ0) is 27.0. The quantitative estimate of drug-likeness (QED) is 0.338. The molecule has 38 heavy (non-hydrogen) atoms. The maximum Gasteiger partial charge on any atom is 0.278 e. The molecule has 0 saturated carbocycles. The number of hydrogen-bond acceptors (Lipinski definition) is 9. The maximum atomic E-state index is 13.1. The minimum Gasteiger partial charge on any atom is -0.369 e. The van der Waals surface area contributed by atoms with Gasteiger partial charge in [-0.05, 0) is 50.4 Å². The molecule has 1 saturated heterocycles. The van der Waals surface area contributed by atoms with Gasteiger partial charge in [0, 0.05) is 43.2 Å². The number of allylic oxidation sites excluding steroid dienone is 1. The van der Waals surface area contributed by atoms with Gasteiger partial charge in [0.25, 0.3) is 15.6 Å². The molecule has 0 bridgehead atoms. The largest absolute Gasteiger partial charge is 0.369 e. The Hall–Kier alpha value is -4.07. The molecule has 0 spiro atoms. The Morgan fingerprint density at radius 3 is 2.61 bits per heavy atom. The Morgan fingerprint density at radius 1 is 1.16 bits per heavy atom. The van der Waals surface area contributed by atoms with E-state index in [-0.39, 0.29) is 39.9 Å². The second kappa shape index (κ2) is 10.0. The second-order valence-electron chi connectivity index (χ2n) is 9.25. The van der Waals surface area contributed by atoms with Gasteiger partial charge in [0.1, 0.15) is 5.39 Å². The van der Waals surface area contributed by atoms with Gasteiger partial charge in [-0.3, -0.25) is 4.79 Å². The monoisotopic (exact) mass is 535 g/mol. The third kappa shape index (κ3) is 4.90. The number of sulfonamides is 1. The van der Waals surface area contributed by atoms with E-state index < -0.39 is 10.0 Å². The average molecular weight is 536 g/mol. The lowest BCUT2D eigenvalue weighted by molar-refractivity contribution is 0.234. The highest BCUT2D eigenvalue weighted by atomic mass is 32.2. The van der Waals surface area contributed by atoms with Crippen LogP contribution in [-0.2, 0) is 16.6 Å². The van der Waals surface area contributed by atoms with E-state index in [1.807, 2.05) is 12.1 Å². The van der Waals surface area contributed by atoms with Crippen molar-refractivity contribution in [3.8, 4) is 5.82 Å². The third-order valence-corrected chi connectivity index (χ3v) is 7.45. The van der Waals surface area contributed by atoms with Crippen molar-refractivity contribution in [2.75, 3.05) is 36.9 Å². The van der Waals surface area contributed by atoms with E-state index in [0.717, 1.165) is 31.0 Å². The lowest BCUT2D eigenvalue weighted by atomic mass is 10.1. The van der Waals surface area contributed by atoms with Crippen LogP contribution < -0.4 is 20.9 Å². The van der Waals surface area contributed by atoms with Crippen LogP contribution in [0.25, 0.3) is 16.9 Å². The summed E-state index contributed by atoms with van der Waals surface area (Å²) in [6.45, 7) is 9.02. The molecule has 4 aromatic rings. The molecule has 1 aromatic carbocycles. The number of benzene rings is 1. The van der Waals surface area contributed by atoms with Gasteiger partial charge in [-0.25, -0.2) is 32.9 Å². The molecule has 4 heterocycles. The fourth-order valence-electron chi connectivity index (χ4n) is 4.46. The first-order valence-corrected chi connectivity index (χ1v) is 13.6. The van der Waals surface area contributed by atoms with Crippen LogP contribution in [0.2, 0.25) is 0 Å². The summed E-state index contributed by atoms with van der Waals surface area (Å²) in [5.74, 6) is 0.437. The lowest BCUT2D eigenvalue weighted by Gasteiger charge is -2.39. The predicted octanol–water partition coefficient (Wildman–Crippen LogP) is 1.69. The minimum absolute atomic E-state index is 0.144. The van der Waals surface area contributed by atoms with Gasteiger partial charge in [-0.15, -0.1) is 6.58 Å². The molecule has 198 valence electrons. The average Bonchev–Trinajstić information content (AvgIpc) is 3.16. The van der Waals surface area contributed by atoms with Crippen molar-refractivity contribution >= 4 is 38.4 Å². The molecule has 3 N–H and O–H groups in total. The first kappa shape index (κ1) is 25.6. The summed E-state index contributed by atoms with van der Waals surface area (Å²) in [6.07, 6.45) is 2.99. The normalized spacial score (nSPS) is 16.6. The summed E-state index contributed by atoms with van der Waals surface area (Å²) in [4.78, 5) is 30.9. The van der Waals surface area contributed by atoms with Gasteiger partial charge in [-0.1, -0.05) is 12.1 Å². The highest BCUT2D eigenvalue weighted by Gasteiger charge is 2.21. The Balaban J connectivity index is 1.50. The number of nitrogens with one attached hydrogen (secondary N) is 1.